The van der Waals surface area contributed by atoms with E-state index in [1.54, 1.807) is 6.07 Å². The Kier molecular flexibility index (Phi) is 10.4. The van der Waals surface area contributed by atoms with Crippen LogP contribution >= 0.6 is 0 Å². The predicted octanol–water partition coefficient (Wildman–Crippen LogP) is 8.75. The van der Waals surface area contributed by atoms with Gasteiger partial charge in [0.05, 0.1) is 18.2 Å². The zero-order chi connectivity index (χ0) is 35.4. The molecule has 5 nitrogen and oxygen atoms in total. The number of ether oxygens (including phenoxy) is 3. The predicted molar refractivity (Wildman–Crippen MR) is 147 cm³/mol. The molecular weight excluding hydrogens is 671 g/mol. The molecule has 4 aromatic carbocycles. The first-order valence-electron chi connectivity index (χ1n) is 13.5. The highest BCUT2D eigenvalue weighted by Crippen LogP contribution is 2.41. The monoisotopic (exact) mass is 693 g/mol. The SMILES string of the molecule is COc1cc(C(Cc2ccccc2)(NC(=O)c2ccc(F)c(C(F)(F)F)c2)c2cc(F)cc(OC(F)(F)C(F)F)c2)ccc1OC(F)F. The zero-order valence-corrected chi connectivity index (χ0v) is 24.2. The summed E-state index contributed by atoms with van der Waals surface area (Å²) in [5.41, 5.74) is -5.15. The van der Waals surface area contributed by atoms with Crippen LogP contribution in [0, 0.1) is 11.6 Å². The minimum absolute atomic E-state index is 0.173. The lowest BCUT2D eigenvalue weighted by Crippen LogP contribution is -2.49. The molecule has 0 aromatic heterocycles. The van der Waals surface area contributed by atoms with Crippen molar-refractivity contribution in [3.8, 4) is 17.2 Å². The van der Waals surface area contributed by atoms with Crippen LogP contribution < -0.4 is 19.5 Å². The Hall–Kier alpha value is -5.02. The molecule has 0 fully saturated rings. The Bertz CT molecular complexity index is 1750. The molecule has 4 rings (SSSR count). The largest absolute Gasteiger partial charge is 0.493 e. The van der Waals surface area contributed by atoms with Crippen molar-refractivity contribution in [1.82, 2.24) is 5.32 Å². The summed E-state index contributed by atoms with van der Waals surface area (Å²) in [6, 6.07) is 13.7. The van der Waals surface area contributed by atoms with Crippen LogP contribution in [0.5, 0.6) is 17.2 Å². The molecular formula is C32H22F11NO4. The van der Waals surface area contributed by atoms with Crippen LogP contribution in [0.2, 0.25) is 0 Å². The van der Waals surface area contributed by atoms with E-state index >= 15 is 4.39 Å². The fourth-order valence-corrected chi connectivity index (χ4v) is 4.81. The summed E-state index contributed by atoms with van der Waals surface area (Å²) in [6.45, 7) is -3.33. The van der Waals surface area contributed by atoms with Gasteiger partial charge in [-0.2, -0.15) is 39.5 Å². The first kappa shape index (κ1) is 35.8. The third-order valence-electron chi connectivity index (χ3n) is 6.92. The van der Waals surface area contributed by atoms with Crippen LogP contribution in [-0.2, 0) is 18.1 Å². The number of amides is 1. The molecule has 0 saturated carbocycles. The summed E-state index contributed by atoms with van der Waals surface area (Å²) in [7, 11) is 1.05. The average molecular weight is 694 g/mol. The van der Waals surface area contributed by atoms with Gasteiger partial charge in [-0.3, -0.25) is 4.79 Å². The second-order valence-corrected chi connectivity index (χ2v) is 10.1. The minimum atomic E-state index is -5.24. The standard InChI is InChI=1S/C32H22F11NO4/c1-46-26-14-19(8-10-25(26)47-29(37)38)30(16-17-5-3-2-4-6-17,20-12-21(33)15-22(13-20)48-32(42,43)28(35)36)44-27(45)18-7-9-24(34)23(11-18)31(39,40)41/h2-15,28-29H,16H2,1H3,(H,44,45). The Morgan fingerprint density at radius 3 is 2.08 bits per heavy atom. The third-order valence-corrected chi connectivity index (χ3v) is 6.92. The van der Waals surface area contributed by atoms with Gasteiger partial charge in [-0.25, -0.2) is 8.78 Å². The van der Waals surface area contributed by atoms with E-state index in [4.69, 9.17) is 4.74 Å². The van der Waals surface area contributed by atoms with Gasteiger partial charge in [0.1, 0.15) is 17.4 Å². The highest BCUT2D eigenvalue weighted by atomic mass is 19.4. The van der Waals surface area contributed by atoms with E-state index in [1.165, 1.54) is 24.3 Å². The number of methoxy groups -OCH3 is 1. The van der Waals surface area contributed by atoms with Crippen molar-refractivity contribution in [1.29, 1.82) is 0 Å². The molecule has 0 radical (unpaired) electrons. The average Bonchev–Trinajstić information content (AvgIpc) is 3.00. The Morgan fingerprint density at radius 1 is 0.792 bits per heavy atom. The van der Waals surface area contributed by atoms with E-state index in [2.05, 4.69) is 14.8 Å². The van der Waals surface area contributed by atoms with Gasteiger partial charge < -0.3 is 19.5 Å². The van der Waals surface area contributed by atoms with Gasteiger partial charge in [-0.15, -0.1) is 0 Å². The van der Waals surface area contributed by atoms with Crippen LogP contribution in [0.3, 0.4) is 0 Å². The van der Waals surface area contributed by atoms with Crippen LogP contribution in [0.4, 0.5) is 48.3 Å². The quantitative estimate of drug-likeness (QED) is 0.151. The summed E-state index contributed by atoms with van der Waals surface area (Å²) in [5, 5.41) is 2.45. The van der Waals surface area contributed by atoms with E-state index in [0.717, 1.165) is 25.3 Å². The number of nitrogens with one attached hydrogen (secondary N) is 1. The molecule has 0 bridgehead atoms. The van der Waals surface area contributed by atoms with Crippen molar-refractivity contribution in [2.75, 3.05) is 7.11 Å². The van der Waals surface area contributed by atoms with Gasteiger partial charge >= 0.3 is 25.3 Å². The third kappa shape index (κ3) is 8.09. The van der Waals surface area contributed by atoms with E-state index in [-0.39, 0.29) is 11.6 Å². The Labute approximate surface area is 264 Å². The molecule has 1 N–H and O–H groups in total. The van der Waals surface area contributed by atoms with Crippen molar-refractivity contribution in [3.63, 3.8) is 0 Å². The number of hydrogen-bond donors (Lipinski definition) is 1. The normalized spacial score (nSPS) is 13.3. The molecule has 0 saturated heterocycles. The van der Waals surface area contributed by atoms with Gasteiger partial charge in [0, 0.05) is 18.1 Å². The Balaban J connectivity index is 2.02. The number of rotatable bonds is 12. The fourth-order valence-electron chi connectivity index (χ4n) is 4.81. The number of alkyl halides is 9. The molecule has 0 aliphatic rings. The van der Waals surface area contributed by atoms with Gasteiger partial charge in [0.2, 0.25) is 0 Å². The minimum Gasteiger partial charge on any atom is -0.493 e. The zero-order valence-electron chi connectivity index (χ0n) is 24.2. The second kappa shape index (κ2) is 14.0. The number of carbonyl (C=O) groups excluding carboxylic acids is 1. The summed E-state index contributed by atoms with van der Waals surface area (Å²) in [5.74, 6) is -6.45. The van der Waals surface area contributed by atoms with E-state index in [1.807, 2.05) is 0 Å². The molecule has 1 unspecified atom stereocenters. The number of hydrogen-bond acceptors (Lipinski definition) is 4. The first-order chi connectivity index (χ1) is 22.4. The maximum absolute atomic E-state index is 15.1. The summed E-state index contributed by atoms with van der Waals surface area (Å²) < 4.78 is 163. The number of benzene rings is 4. The molecule has 1 amide bonds. The summed E-state index contributed by atoms with van der Waals surface area (Å²) >= 11 is 0. The second-order valence-electron chi connectivity index (χ2n) is 10.1. The highest BCUT2D eigenvalue weighted by molar-refractivity contribution is 5.95. The van der Waals surface area contributed by atoms with Crippen LogP contribution in [0.1, 0.15) is 32.6 Å². The van der Waals surface area contributed by atoms with Crippen molar-refractivity contribution < 1.29 is 67.3 Å². The van der Waals surface area contributed by atoms with E-state index in [9.17, 15) is 48.7 Å². The van der Waals surface area contributed by atoms with Crippen LogP contribution in [0.25, 0.3) is 0 Å². The van der Waals surface area contributed by atoms with Gasteiger partial charge in [0.25, 0.3) is 5.91 Å². The van der Waals surface area contributed by atoms with Crippen molar-refractivity contribution in [2.45, 2.75) is 37.3 Å². The van der Waals surface area contributed by atoms with Gasteiger partial charge in [-0.1, -0.05) is 36.4 Å². The van der Waals surface area contributed by atoms with E-state index in [0.29, 0.717) is 35.9 Å². The van der Waals surface area contributed by atoms with E-state index < -0.39 is 88.8 Å². The molecule has 0 spiro atoms. The summed E-state index contributed by atoms with van der Waals surface area (Å²) in [4.78, 5) is 13.7. The van der Waals surface area contributed by atoms with Gasteiger partial charge in [-0.05, 0) is 59.2 Å². The maximum Gasteiger partial charge on any atom is 0.461 e. The maximum atomic E-state index is 15.1. The van der Waals surface area contributed by atoms with Crippen molar-refractivity contribution >= 4 is 5.91 Å². The molecule has 0 heterocycles. The molecule has 1 atom stereocenters. The first-order valence-corrected chi connectivity index (χ1v) is 13.5. The molecule has 4 aromatic rings. The Morgan fingerprint density at radius 2 is 1.48 bits per heavy atom. The lowest BCUT2D eigenvalue weighted by molar-refractivity contribution is -0.253. The fraction of sp³-hybridized carbons (Fsp3) is 0.219. The molecule has 16 heteroatoms. The molecule has 0 aliphatic heterocycles. The number of halogens is 11. The number of carbonyl (C=O) groups is 1. The topological polar surface area (TPSA) is 56.8 Å². The van der Waals surface area contributed by atoms with Crippen molar-refractivity contribution in [2.24, 2.45) is 0 Å². The van der Waals surface area contributed by atoms with Crippen LogP contribution in [-0.4, -0.2) is 32.2 Å². The molecule has 0 aliphatic carbocycles. The summed E-state index contributed by atoms with van der Waals surface area (Å²) in [6.07, 6.45) is -15.2. The molecule has 48 heavy (non-hydrogen) atoms. The van der Waals surface area contributed by atoms with Crippen molar-refractivity contribution in [3.05, 3.63) is 124 Å². The lowest BCUT2D eigenvalue weighted by atomic mass is 9.77. The molecule has 256 valence electrons. The smallest absolute Gasteiger partial charge is 0.461 e. The highest BCUT2D eigenvalue weighted by Gasteiger charge is 2.45. The van der Waals surface area contributed by atoms with Crippen LogP contribution in [0.15, 0.2) is 84.9 Å². The lowest BCUT2D eigenvalue weighted by Gasteiger charge is -2.37. The van der Waals surface area contributed by atoms with Gasteiger partial charge in [0.15, 0.2) is 11.5 Å².